The van der Waals surface area contributed by atoms with E-state index in [9.17, 15) is 18.5 Å². The van der Waals surface area contributed by atoms with Gasteiger partial charge in [-0.2, -0.15) is 0 Å². The number of ether oxygens (including phenoxy) is 1. The van der Waals surface area contributed by atoms with Crippen molar-refractivity contribution in [3.05, 3.63) is 64.2 Å². The Labute approximate surface area is 158 Å². The van der Waals surface area contributed by atoms with Crippen molar-refractivity contribution in [2.24, 2.45) is 0 Å². The SMILES string of the molecule is CCC1(CC)C[C@H](NS(=O)(=O)c2cccc([N+](=O)[O-])c2)c2ccccc2O1. The van der Waals surface area contributed by atoms with E-state index in [1.54, 1.807) is 0 Å². The first-order valence-corrected chi connectivity index (χ1v) is 10.3. The average Bonchev–Trinajstić information content (AvgIpc) is 2.67. The molecule has 1 heterocycles. The van der Waals surface area contributed by atoms with Gasteiger partial charge in [-0.1, -0.05) is 38.1 Å². The quantitative estimate of drug-likeness (QED) is 0.595. The van der Waals surface area contributed by atoms with Crippen LogP contribution in [0.2, 0.25) is 0 Å². The summed E-state index contributed by atoms with van der Waals surface area (Å²) in [4.78, 5) is 10.2. The molecule has 0 aliphatic carbocycles. The van der Waals surface area contributed by atoms with Gasteiger partial charge in [-0.15, -0.1) is 0 Å². The van der Waals surface area contributed by atoms with Gasteiger partial charge in [-0.25, -0.2) is 13.1 Å². The van der Waals surface area contributed by atoms with E-state index in [-0.39, 0.29) is 10.6 Å². The fourth-order valence-corrected chi connectivity index (χ4v) is 4.68. The lowest BCUT2D eigenvalue weighted by molar-refractivity contribution is -0.385. The summed E-state index contributed by atoms with van der Waals surface area (Å²) in [5.74, 6) is 0.666. The van der Waals surface area contributed by atoms with Crippen molar-refractivity contribution in [1.29, 1.82) is 0 Å². The van der Waals surface area contributed by atoms with Crippen LogP contribution in [0.4, 0.5) is 5.69 Å². The number of hydrogen-bond acceptors (Lipinski definition) is 5. The zero-order chi connectivity index (χ0) is 19.7. The van der Waals surface area contributed by atoms with E-state index in [0.29, 0.717) is 12.2 Å². The molecule has 8 heteroatoms. The molecule has 0 amide bonds. The number of nitro groups is 1. The molecular formula is C19H22N2O5S. The molecule has 0 fully saturated rings. The lowest BCUT2D eigenvalue weighted by Crippen LogP contribution is -2.44. The fraction of sp³-hybridized carbons (Fsp3) is 0.368. The number of benzene rings is 2. The molecule has 0 spiro atoms. The van der Waals surface area contributed by atoms with Crippen LogP contribution in [0.15, 0.2) is 53.4 Å². The second-order valence-corrected chi connectivity index (χ2v) is 8.38. The van der Waals surface area contributed by atoms with Crippen LogP contribution in [-0.2, 0) is 10.0 Å². The van der Waals surface area contributed by atoms with Gasteiger partial charge in [0.15, 0.2) is 0 Å². The van der Waals surface area contributed by atoms with Gasteiger partial charge in [0.05, 0.1) is 15.9 Å². The third-order valence-electron chi connectivity index (χ3n) is 5.12. The number of nitrogens with zero attached hydrogens (tertiary/aromatic N) is 1. The van der Waals surface area contributed by atoms with Crippen molar-refractivity contribution in [2.75, 3.05) is 0 Å². The Hall–Kier alpha value is -2.45. The molecule has 1 N–H and O–H groups in total. The van der Waals surface area contributed by atoms with Crippen molar-refractivity contribution in [2.45, 2.75) is 49.6 Å². The Kier molecular flexibility index (Phi) is 5.21. The molecule has 1 aliphatic heterocycles. The molecule has 0 saturated carbocycles. The van der Waals surface area contributed by atoms with Crippen molar-refractivity contribution < 1.29 is 18.1 Å². The van der Waals surface area contributed by atoms with E-state index in [1.165, 1.54) is 18.2 Å². The van der Waals surface area contributed by atoms with Crippen LogP contribution < -0.4 is 9.46 Å². The third-order valence-corrected chi connectivity index (χ3v) is 6.59. The van der Waals surface area contributed by atoms with Crippen LogP contribution in [0.1, 0.15) is 44.7 Å². The number of hydrogen-bond donors (Lipinski definition) is 1. The average molecular weight is 390 g/mol. The molecule has 2 aromatic carbocycles. The van der Waals surface area contributed by atoms with Crippen LogP contribution >= 0.6 is 0 Å². The maximum absolute atomic E-state index is 12.9. The van der Waals surface area contributed by atoms with Crippen molar-refractivity contribution in [3.8, 4) is 5.75 Å². The Morgan fingerprint density at radius 3 is 2.56 bits per heavy atom. The molecule has 27 heavy (non-hydrogen) atoms. The summed E-state index contributed by atoms with van der Waals surface area (Å²) in [5, 5.41) is 11.0. The Morgan fingerprint density at radius 2 is 1.89 bits per heavy atom. The highest BCUT2D eigenvalue weighted by Gasteiger charge is 2.40. The topological polar surface area (TPSA) is 98.5 Å². The summed E-state index contributed by atoms with van der Waals surface area (Å²) in [6.45, 7) is 4.03. The Bertz CT molecular complexity index is 954. The predicted octanol–water partition coefficient (Wildman–Crippen LogP) is 3.96. The summed E-state index contributed by atoms with van der Waals surface area (Å²) in [6.07, 6.45) is 1.98. The van der Waals surface area contributed by atoms with E-state index in [2.05, 4.69) is 4.72 Å². The largest absolute Gasteiger partial charge is 0.487 e. The summed E-state index contributed by atoms with van der Waals surface area (Å²) in [5.41, 5.74) is 0.0512. The van der Waals surface area contributed by atoms with Crippen LogP contribution in [0.25, 0.3) is 0 Å². The predicted molar refractivity (Wildman–Crippen MR) is 101 cm³/mol. The molecule has 144 valence electrons. The minimum Gasteiger partial charge on any atom is -0.487 e. The molecule has 0 saturated heterocycles. The molecule has 0 aromatic heterocycles. The molecule has 2 aromatic rings. The molecule has 0 bridgehead atoms. The number of fused-ring (bicyclic) bond motifs is 1. The highest BCUT2D eigenvalue weighted by molar-refractivity contribution is 7.89. The molecule has 0 unspecified atom stereocenters. The lowest BCUT2D eigenvalue weighted by Gasteiger charge is -2.41. The van der Waals surface area contributed by atoms with Gasteiger partial charge in [-0.3, -0.25) is 10.1 Å². The summed E-state index contributed by atoms with van der Waals surface area (Å²) >= 11 is 0. The lowest BCUT2D eigenvalue weighted by atomic mass is 9.84. The van der Waals surface area contributed by atoms with Gasteiger partial charge < -0.3 is 4.74 Å². The molecule has 1 aliphatic rings. The fourth-order valence-electron chi connectivity index (χ4n) is 3.43. The third kappa shape index (κ3) is 3.81. The number of rotatable bonds is 6. The van der Waals surface area contributed by atoms with E-state index >= 15 is 0 Å². The molecule has 3 rings (SSSR count). The Morgan fingerprint density at radius 1 is 1.19 bits per heavy atom. The second kappa shape index (κ2) is 7.28. The first-order valence-electron chi connectivity index (χ1n) is 8.85. The smallest absolute Gasteiger partial charge is 0.270 e. The monoisotopic (exact) mass is 390 g/mol. The van der Waals surface area contributed by atoms with E-state index < -0.39 is 26.6 Å². The van der Waals surface area contributed by atoms with Gasteiger partial charge in [0.25, 0.3) is 5.69 Å². The molecule has 1 atom stereocenters. The zero-order valence-electron chi connectivity index (χ0n) is 15.2. The van der Waals surface area contributed by atoms with Gasteiger partial charge in [0, 0.05) is 24.1 Å². The molecule has 0 radical (unpaired) electrons. The normalized spacial score (nSPS) is 18.4. The Balaban J connectivity index is 1.98. The van der Waals surface area contributed by atoms with E-state index in [4.69, 9.17) is 4.74 Å². The highest BCUT2D eigenvalue weighted by Crippen LogP contribution is 2.43. The van der Waals surface area contributed by atoms with Crippen LogP contribution in [0.5, 0.6) is 5.75 Å². The first-order chi connectivity index (χ1) is 12.8. The summed E-state index contributed by atoms with van der Waals surface area (Å²) in [6, 6.07) is 11.9. The van der Waals surface area contributed by atoms with Gasteiger partial charge >= 0.3 is 0 Å². The maximum Gasteiger partial charge on any atom is 0.270 e. The maximum atomic E-state index is 12.9. The van der Waals surface area contributed by atoms with Crippen molar-refractivity contribution in [1.82, 2.24) is 4.72 Å². The first kappa shape index (κ1) is 19.3. The van der Waals surface area contributed by atoms with Crippen molar-refractivity contribution >= 4 is 15.7 Å². The zero-order valence-corrected chi connectivity index (χ0v) is 16.0. The van der Waals surface area contributed by atoms with Gasteiger partial charge in [-0.05, 0) is 25.0 Å². The van der Waals surface area contributed by atoms with Crippen LogP contribution in [-0.4, -0.2) is 18.9 Å². The highest BCUT2D eigenvalue weighted by atomic mass is 32.2. The summed E-state index contributed by atoms with van der Waals surface area (Å²) < 4.78 is 34.7. The number of para-hydroxylation sites is 1. The second-order valence-electron chi connectivity index (χ2n) is 6.66. The molecule has 7 nitrogen and oxygen atoms in total. The van der Waals surface area contributed by atoms with Crippen LogP contribution in [0.3, 0.4) is 0 Å². The molecular weight excluding hydrogens is 368 g/mol. The van der Waals surface area contributed by atoms with Crippen LogP contribution in [0, 0.1) is 10.1 Å². The minimum atomic E-state index is -3.94. The number of sulfonamides is 1. The van der Waals surface area contributed by atoms with E-state index in [0.717, 1.165) is 24.5 Å². The van der Waals surface area contributed by atoms with Crippen molar-refractivity contribution in [3.63, 3.8) is 0 Å². The van der Waals surface area contributed by atoms with Gasteiger partial charge in [0.2, 0.25) is 10.0 Å². The number of non-ortho nitro benzene ring substituents is 1. The number of nitro benzene ring substituents is 1. The number of nitrogens with one attached hydrogen (secondary N) is 1. The standard InChI is InChI=1S/C19H22N2O5S/c1-3-19(4-2)13-17(16-10-5-6-11-18(16)26-19)20-27(24,25)15-9-7-8-14(12-15)21(22)23/h5-12,17,20H,3-4,13H2,1-2H3/t17-/m0/s1. The summed E-state index contributed by atoms with van der Waals surface area (Å²) in [7, 11) is -3.94. The minimum absolute atomic E-state index is 0.126. The van der Waals surface area contributed by atoms with Gasteiger partial charge in [0.1, 0.15) is 11.4 Å². The van der Waals surface area contributed by atoms with E-state index in [1.807, 2.05) is 38.1 Å².